The lowest BCUT2D eigenvalue weighted by molar-refractivity contribution is -0.130. The molecular weight excluding hydrogens is 256 g/mol. The number of piperidine rings is 1. The smallest absolute Gasteiger partial charge is 0.410 e. The molecule has 0 aromatic carbocycles. The molecule has 0 aromatic rings. The van der Waals surface area contributed by atoms with Gasteiger partial charge >= 0.3 is 6.09 Å². The first kappa shape index (κ1) is 15.1. The van der Waals surface area contributed by atoms with Gasteiger partial charge in [-0.1, -0.05) is 0 Å². The van der Waals surface area contributed by atoms with Gasteiger partial charge < -0.3 is 15.0 Å². The van der Waals surface area contributed by atoms with Crippen LogP contribution in [0.2, 0.25) is 0 Å². The van der Waals surface area contributed by atoms with Gasteiger partial charge in [-0.2, -0.15) is 0 Å². The van der Waals surface area contributed by atoms with Crippen LogP contribution in [0.3, 0.4) is 0 Å². The van der Waals surface area contributed by atoms with E-state index in [1.165, 1.54) is 0 Å². The number of ether oxygens (including phenoxy) is 1. The van der Waals surface area contributed by atoms with Crippen LogP contribution in [0.4, 0.5) is 4.79 Å². The van der Waals surface area contributed by atoms with Crippen molar-refractivity contribution in [3.05, 3.63) is 0 Å². The van der Waals surface area contributed by atoms with Gasteiger partial charge in [-0.05, 0) is 53.9 Å². The van der Waals surface area contributed by atoms with Crippen LogP contribution >= 0.6 is 0 Å². The van der Waals surface area contributed by atoms with Crippen LogP contribution in [-0.2, 0) is 9.53 Å². The van der Waals surface area contributed by atoms with Crippen LogP contribution in [-0.4, -0.2) is 41.1 Å². The van der Waals surface area contributed by atoms with Crippen molar-refractivity contribution in [1.82, 2.24) is 10.2 Å². The molecule has 2 aliphatic heterocycles. The summed E-state index contributed by atoms with van der Waals surface area (Å²) < 4.78 is 5.38. The summed E-state index contributed by atoms with van der Waals surface area (Å²) in [6.45, 7) is 10.9. The molecule has 2 saturated heterocycles. The van der Waals surface area contributed by atoms with Gasteiger partial charge in [0.2, 0.25) is 5.91 Å². The van der Waals surface area contributed by atoms with Crippen molar-refractivity contribution in [3.8, 4) is 0 Å². The van der Waals surface area contributed by atoms with Crippen LogP contribution in [0.5, 0.6) is 0 Å². The fourth-order valence-corrected chi connectivity index (χ4v) is 3.26. The lowest BCUT2D eigenvalue weighted by Gasteiger charge is -2.38. The Morgan fingerprint density at radius 2 is 1.80 bits per heavy atom. The van der Waals surface area contributed by atoms with E-state index in [0.717, 1.165) is 19.3 Å². The maximum atomic E-state index is 12.2. The Bertz CT molecular complexity index is 415. The average molecular weight is 282 g/mol. The molecule has 1 spiro atoms. The highest BCUT2D eigenvalue weighted by Crippen LogP contribution is 2.44. The molecule has 0 unspecified atom stereocenters. The van der Waals surface area contributed by atoms with Crippen LogP contribution in [0.1, 0.15) is 53.9 Å². The third-order valence-corrected chi connectivity index (χ3v) is 4.09. The second kappa shape index (κ2) is 4.64. The van der Waals surface area contributed by atoms with E-state index >= 15 is 0 Å². The average Bonchev–Trinajstić information content (AvgIpc) is 2.47. The molecule has 2 amide bonds. The standard InChI is InChI=1S/C15H26N2O3/c1-13(2,3)20-12(19)17-8-6-15(7-9-17)10-14(4,5)16-11(15)18/h6-10H2,1-5H3,(H,16,18). The van der Waals surface area contributed by atoms with Crippen molar-refractivity contribution in [1.29, 1.82) is 0 Å². The molecule has 0 aliphatic carbocycles. The van der Waals surface area contributed by atoms with Crippen LogP contribution in [0.25, 0.3) is 0 Å². The van der Waals surface area contributed by atoms with Crippen molar-refractivity contribution in [2.24, 2.45) is 5.41 Å². The second-order valence-corrected chi connectivity index (χ2v) is 7.76. The quantitative estimate of drug-likeness (QED) is 0.741. The molecule has 0 atom stereocenters. The minimum absolute atomic E-state index is 0.134. The topological polar surface area (TPSA) is 58.6 Å². The van der Waals surface area contributed by atoms with E-state index in [-0.39, 0.29) is 23.0 Å². The fourth-order valence-electron chi connectivity index (χ4n) is 3.26. The van der Waals surface area contributed by atoms with Crippen LogP contribution in [0.15, 0.2) is 0 Å². The predicted molar refractivity (Wildman–Crippen MR) is 76.3 cm³/mol. The molecule has 5 nitrogen and oxygen atoms in total. The van der Waals surface area contributed by atoms with Gasteiger partial charge in [-0.25, -0.2) is 4.79 Å². The Morgan fingerprint density at radius 1 is 1.25 bits per heavy atom. The van der Waals surface area contributed by atoms with Crippen molar-refractivity contribution in [3.63, 3.8) is 0 Å². The molecule has 5 heteroatoms. The zero-order valence-corrected chi connectivity index (χ0v) is 13.2. The van der Waals surface area contributed by atoms with Gasteiger partial charge in [0.15, 0.2) is 0 Å². The number of hydrogen-bond donors (Lipinski definition) is 1. The number of rotatable bonds is 0. The summed E-state index contributed by atoms with van der Waals surface area (Å²) in [5.41, 5.74) is -0.897. The molecule has 2 rings (SSSR count). The molecule has 0 bridgehead atoms. The van der Waals surface area contributed by atoms with Gasteiger partial charge in [0.05, 0.1) is 5.41 Å². The minimum atomic E-state index is -0.473. The van der Waals surface area contributed by atoms with E-state index in [4.69, 9.17) is 4.74 Å². The third-order valence-electron chi connectivity index (χ3n) is 4.09. The molecule has 2 heterocycles. The molecular formula is C15H26N2O3. The summed E-state index contributed by atoms with van der Waals surface area (Å²) in [4.78, 5) is 26.0. The summed E-state index contributed by atoms with van der Waals surface area (Å²) in [7, 11) is 0. The Labute approximate surface area is 121 Å². The van der Waals surface area contributed by atoms with E-state index in [1.54, 1.807) is 4.90 Å². The first-order valence-corrected chi connectivity index (χ1v) is 7.34. The number of likely N-dealkylation sites (tertiary alicyclic amines) is 1. The highest BCUT2D eigenvalue weighted by Gasteiger charge is 2.51. The number of hydrogen-bond acceptors (Lipinski definition) is 3. The summed E-state index contributed by atoms with van der Waals surface area (Å²) in [5, 5.41) is 3.06. The largest absolute Gasteiger partial charge is 0.444 e. The zero-order valence-electron chi connectivity index (χ0n) is 13.2. The molecule has 2 aliphatic rings. The zero-order chi connectivity index (χ0) is 15.2. The third kappa shape index (κ3) is 3.07. The lowest BCUT2D eigenvalue weighted by Crippen LogP contribution is -2.47. The Morgan fingerprint density at radius 3 is 2.20 bits per heavy atom. The van der Waals surface area contributed by atoms with E-state index in [1.807, 2.05) is 20.8 Å². The second-order valence-electron chi connectivity index (χ2n) is 7.76. The van der Waals surface area contributed by atoms with E-state index in [0.29, 0.717) is 13.1 Å². The summed E-state index contributed by atoms with van der Waals surface area (Å²) in [6, 6.07) is 0. The maximum absolute atomic E-state index is 12.2. The predicted octanol–water partition coefficient (Wildman–Crippen LogP) is 2.30. The number of carbonyl (C=O) groups is 2. The van der Waals surface area contributed by atoms with Crippen LogP contribution < -0.4 is 5.32 Å². The Balaban J connectivity index is 1.96. The Kier molecular flexibility index (Phi) is 3.51. The van der Waals surface area contributed by atoms with Gasteiger partial charge in [0.1, 0.15) is 5.60 Å². The molecule has 114 valence electrons. The van der Waals surface area contributed by atoms with E-state index in [9.17, 15) is 9.59 Å². The maximum Gasteiger partial charge on any atom is 0.410 e. The van der Waals surface area contributed by atoms with Crippen molar-refractivity contribution in [2.45, 2.75) is 65.0 Å². The van der Waals surface area contributed by atoms with Crippen LogP contribution in [0, 0.1) is 5.41 Å². The molecule has 0 aromatic heterocycles. The van der Waals surface area contributed by atoms with E-state index in [2.05, 4.69) is 19.2 Å². The summed E-state index contributed by atoms with van der Waals surface area (Å²) in [5.74, 6) is 0.145. The molecule has 20 heavy (non-hydrogen) atoms. The summed E-state index contributed by atoms with van der Waals surface area (Å²) >= 11 is 0. The molecule has 2 fully saturated rings. The van der Waals surface area contributed by atoms with Gasteiger partial charge in [0, 0.05) is 18.6 Å². The number of carbonyl (C=O) groups excluding carboxylic acids is 2. The first-order chi connectivity index (χ1) is 9.03. The van der Waals surface area contributed by atoms with Crippen molar-refractivity contribution in [2.75, 3.05) is 13.1 Å². The molecule has 0 radical (unpaired) electrons. The number of nitrogens with zero attached hydrogens (tertiary/aromatic N) is 1. The van der Waals surface area contributed by atoms with Gasteiger partial charge in [0.25, 0.3) is 0 Å². The monoisotopic (exact) mass is 282 g/mol. The lowest BCUT2D eigenvalue weighted by atomic mass is 9.74. The highest BCUT2D eigenvalue weighted by molar-refractivity contribution is 5.86. The molecule has 1 N–H and O–H groups in total. The van der Waals surface area contributed by atoms with E-state index < -0.39 is 5.60 Å². The number of amides is 2. The van der Waals surface area contributed by atoms with Gasteiger partial charge in [-0.15, -0.1) is 0 Å². The Hall–Kier alpha value is -1.26. The highest BCUT2D eigenvalue weighted by atomic mass is 16.6. The van der Waals surface area contributed by atoms with Gasteiger partial charge in [-0.3, -0.25) is 4.79 Å². The fraction of sp³-hybridized carbons (Fsp3) is 0.867. The number of nitrogens with one attached hydrogen (secondary N) is 1. The minimum Gasteiger partial charge on any atom is -0.444 e. The normalized spacial score (nSPS) is 24.6. The van der Waals surface area contributed by atoms with Crippen molar-refractivity contribution < 1.29 is 14.3 Å². The van der Waals surface area contributed by atoms with Crippen molar-refractivity contribution >= 4 is 12.0 Å². The first-order valence-electron chi connectivity index (χ1n) is 7.34. The molecule has 0 saturated carbocycles. The SMILES string of the molecule is CC1(C)CC2(CCN(C(=O)OC(C)(C)C)CC2)C(=O)N1. The summed E-state index contributed by atoms with van der Waals surface area (Å²) in [6.07, 6.45) is 2.02.